The predicted octanol–water partition coefficient (Wildman–Crippen LogP) is 4.79. The van der Waals surface area contributed by atoms with Crippen molar-refractivity contribution < 1.29 is 9.15 Å². The van der Waals surface area contributed by atoms with Crippen LogP contribution in [0.15, 0.2) is 61.6 Å². The molecule has 8 heteroatoms. The van der Waals surface area contributed by atoms with E-state index >= 15 is 0 Å². The third-order valence-corrected chi connectivity index (χ3v) is 6.22. The van der Waals surface area contributed by atoms with Crippen molar-refractivity contribution in [1.29, 1.82) is 0 Å². The molecule has 4 rings (SSSR count). The summed E-state index contributed by atoms with van der Waals surface area (Å²) in [5.74, 6) is 0.466. The minimum Gasteiger partial charge on any atom is -0.423 e. The number of fused-ring (bicyclic) bond motifs is 2. The number of halogens is 1. The summed E-state index contributed by atoms with van der Waals surface area (Å²) in [5.41, 5.74) is 2.44. The minimum atomic E-state index is -0.399. The van der Waals surface area contributed by atoms with Gasteiger partial charge in [-0.3, -0.25) is 9.36 Å². The lowest BCUT2D eigenvalue weighted by Crippen LogP contribution is -2.24. The van der Waals surface area contributed by atoms with E-state index in [1.54, 1.807) is 29.9 Å². The number of methoxy groups -OCH3 is 1. The van der Waals surface area contributed by atoms with Crippen LogP contribution in [-0.4, -0.2) is 23.3 Å². The molecule has 0 radical (unpaired) electrons. The van der Waals surface area contributed by atoms with Crippen molar-refractivity contribution in [1.82, 2.24) is 9.55 Å². The number of nitrogens with zero attached hydrogens (tertiary/aromatic N) is 2. The van der Waals surface area contributed by atoms with E-state index in [4.69, 9.17) is 25.7 Å². The van der Waals surface area contributed by atoms with Gasteiger partial charge < -0.3 is 9.15 Å². The van der Waals surface area contributed by atoms with Gasteiger partial charge >= 0.3 is 5.63 Å². The van der Waals surface area contributed by atoms with Gasteiger partial charge in [0.2, 0.25) is 0 Å². The Balaban J connectivity index is 1.75. The molecular formula is C23H21ClN2O4S. The molecular weight excluding hydrogens is 436 g/mol. The number of hydrogen-bond donors (Lipinski definition) is 0. The molecule has 2 aromatic carbocycles. The summed E-state index contributed by atoms with van der Waals surface area (Å²) in [7, 11) is 1.63. The number of benzene rings is 2. The lowest BCUT2D eigenvalue weighted by atomic mass is 10.1. The Bertz CT molecular complexity index is 1380. The first-order valence-corrected chi connectivity index (χ1v) is 11.2. The van der Waals surface area contributed by atoms with Crippen LogP contribution in [0.1, 0.15) is 17.5 Å². The van der Waals surface area contributed by atoms with E-state index in [-0.39, 0.29) is 5.56 Å². The Morgan fingerprint density at radius 3 is 2.74 bits per heavy atom. The molecule has 160 valence electrons. The molecule has 0 unspecified atom stereocenters. The molecule has 0 fully saturated rings. The van der Waals surface area contributed by atoms with Crippen LogP contribution in [-0.2, 0) is 17.0 Å². The molecule has 0 aliphatic heterocycles. The SMILES string of the molecule is COCCCn1c(SCc2cc(=O)oc3cc(C)ccc23)nc2cc(Cl)ccc2c1=O. The third kappa shape index (κ3) is 4.69. The Morgan fingerprint density at radius 1 is 1.13 bits per heavy atom. The Kier molecular flexibility index (Phi) is 6.46. The van der Waals surface area contributed by atoms with Gasteiger partial charge in [0.05, 0.1) is 10.9 Å². The average Bonchev–Trinajstić information content (AvgIpc) is 2.73. The summed E-state index contributed by atoms with van der Waals surface area (Å²) in [6.07, 6.45) is 0.682. The zero-order chi connectivity index (χ0) is 22.0. The topological polar surface area (TPSA) is 74.3 Å². The van der Waals surface area contributed by atoms with Crippen LogP contribution in [0.3, 0.4) is 0 Å². The molecule has 0 amide bonds. The number of aryl methyl sites for hydroxylation is 1. The number of ether oxygens (including phenoxy) is 1. The Hall–Kier alpha value is -2.61. The molecule has 2 heterocycles. The van der Waals surface area contributed by atoms with Crippen molar-refractivity contribution in [2.45, 2.75) is 30.8 Å². The van der Waals surface area contributed by atoms with Gasteiger partial charge in [-0.15, -0.1) is 0 Å². The summed E-state index contributed by atoms with van der Waals surface area (Å²) in [6, 6.07) is 12.4. The molecule has 0 saturated carbocycles. The summed E-state index contributed by atoms with van der Waals surface area (Å²) in [5, 5.41) is 2.49. The molecule has 31 heavy (non-hydrogen) atoms. The minimum absolute atomic E-state index is 0.117. The fourth-order valence-corrected chi connectivity index (χ4v) is 4.63. The van der Waals surface area contributed by atoms with Gasteiger partial charge in [0, 0.05) is 42.5 Å². The normalized spacial score (nSPS) is 11.5. The van der Waals surface area contributed by atoms with Crippen LogP contribution in [0.4, 0.5) is 0 Å². The van der Waals surface area contributed by atoms with E-state index < -0.39 is 5.63 Å². The predicted molar refractivity (Wildman–Crippen MR) is 124 cm³/mol. The summed E-state index contributed by atoms with van der Waals surface area (Å²) in [6.45, 7) is 2.97. The van der Waals surface area contributed by atoms with E-state index in [0.29, 0.717) is 52.0 Å². The van der Waals surface area contributed by atoms with Crippen LogP contribution in [0.5, 0.6) is 0 Å². The second-order valence-electron chi connectivity index (χ2n) is 7.24. The van der Waals surface area contributed by atoms with Gasteiger partial charge in [0.1, 0.15) is 5.58 Å². The summed E-state index contributed by atoms with van der Waals surface area (Å²) >= 11 is 7.52. The average molecular weight is 457 g/mol. The Morgan fingerprint density at radius 2 is 1.94 bits per heavy atom. The maximum absolute atomic E-state index is 13.1. The van der Waals surface area contributed by atoms with Crippen LogP contribution >= 0.6 is 23.4 Å². The van der Waals surface area contributed by atoms with Gasteiger partial charge in [-0.1, -0.05) is 35.5 Å². The lowest BCUT2D eigenvalue weighted by Gasteiger charge is -2.13. The standard InChI is InChI=1S/C23H21ClN2O4S/c1-14-4-6-17-15(11-21(27)30-20(17)10-14)13-31-23-25-19-12-16(24)5-7-18(19)22(28)26(23)8-3-9-29-2/h4-7,10-12H,3,8-9,13H2,1-2H3. The molecule has 0 bridgehead atoms. The van der Waals surface area contributed by atoms with Crippen molar-refractivity contribution in [2.24, 2.45) is 0 Å². The first-order valence-electron chi connectivity index (χ1n) is 9.81. The van der Waals surface area contributed by atoms with Gasteiger partial charge in [-0.05, 0) is 48.7 Å². The van der Waals surface area contributed by atoms with Crippen LogP contribution < -0.4 is 11.2 Å². The van der Waals surface area contributed by atoms with Crippen LogP contribution in [0.25, 0.3) is 21.9 Å². The zero-order valence-corrected chi connectivity index (χ0v) is 18.8. The molecule has 0 spiro atoms. The lowest BCUT2D eigenvalue weighted by molar-refractivity contribution is 0.189. The fourth-order valence-electron chi connectivity index (χ4n) is 3.45. The third-order valence-electron chi connectivity index (χ3n) is 4.95. The number of thioether (sulfide) groups is 1. The molecule has 6 nitrogen and oxygen atoms in total. The second kappa shape index (κ2) is 9.26. The van der Waals surface area contributed by atoms with Gasteiger partial charge in [-0.25, -0.2) is 9.78 Å². The Labute approximate surface area is 187 Å². The maximum atomic E-state index is 13.1. The van der Waals surface area contributed by atoms with E-state index in [2.05, 4.69) is 0 Å². The molecule has 0 N–H and O–H groups in total. The van der Waals surface area contributed by atoms with Crippen molar-refractivity contribution in [3.8, 4) is 0 Å². The highest BCUT2D eigenvalue weighted by molar-refractivity contribution is 7.98. The van der Waals surface area contributed by atoms with E-state index in [1.807, 2.05) is 25.1 Å². The molecule has 0 saturated heterocycles. The highest BCUT2D eigenvalue weighted by Gasteiger charge is 2.14. The highest BCUT2D eigenvalue weighted by Crippen LogP contribution is 2.27. The second-order valence-corrected chi connectivity index (χ2v) is 8.62. The maximum Gasteiger partial charge on any atom is 0.336 e. The number of aromatic nitrogens is 2. The molecule has 4 aromatic rings. The van der Waals surface area contributed by atoms with Crippen molar-refractivity contribution in [3.63, 3.8) is 0 Å². The van der Waals surface area contributed by atoms with Gasteiger partial charge in [-0.2, -0.15) is 0 Å². The molecule has 0 aliphatic carbocycles. The number of rotatable bonds is 7. The van der Waals surface area contributed by atoms with Crippen LogP contribution in [0, 0.1) is 6.92 Å². The van der Waals surface area contributed by atoms with Crippen molar-refractivity contribution in [3.05, 3.63) is 79.4 Å². The number of hydrogen-bond acceptors (Lipinski definition) is 6. The first kappa shape index (κ1) is 21.6. The fraction of sp³-hybridized carbons (Fsp3) is 0.261. The first-order chi connectivity index (χ1) is 15.0. The smallest absolute Gasteiger partial charge is 0.336 e. The quantitative estimate of drug-likeness (QED) is 0.172. The monoisotopic (exact) mass is 456 g/mol. The zero-order valence-electron chi connectivity index (χ0n) is 17.2. The largest absolute Gasteiger partial charge is 0.423 e. The van der Waals surface area contributed by atoms with Crippen molar-refractivity contribution in [2.75, 3.05) is 13.7 Å². The van der Waals surface area contributed by atoms with Gasteiger partial charge in [0.15, 0.2) is 5.16 Å². The van der Waals surface area contributed by atoms with E-state index in [9.17, 15) is 9.59 Å². The highest BCUT2D eigenvalue weighted by atomic mass is 35.5. The van der Waals surface area contributed by atoms with Gasteiger partial charge in [0.25, 0.3) is 5.56 Å². The molecule has 2 aromatic heterocycles. The van der Waals surface area contributed by atoms with Crippen molar-refractivity contribution >= 4 is 45.2 Å². The van der Waals surface area contributed by atoms with Crippen LogP contribution in [0.2, 0.25) is 5.02 Å². The molecule has 0 atom stereocenters. The summed E-state index contributed by atoms with van der Waals surface area (Å²) < 4.78 is 12.2. The summed E-state index contributed by atoms with van der Waals surface area (Å²) in [4.78, 5) is 29.9. The molecule has 0 aliphatic rings. The van der Waals surface area contributed by atoms with E-state index in [0.717, 1.165) is 16.5 Å². The van der Waals surface area contributed by atoms with E-state index in [1.165, 1.54) is 17.8 Å².